The third-order valence-electron chi connectivity index (χ3n) is 8.94. The Balaban J connectivity index is 1.22. The number of halogens is 1. The van der Waals surface area contributed by atoms with Crippen LogP contribution in [0.25, 0.3) is 0 Å². The molecule has 0 radical (unpaired) electrons. The number of aromatic nitrogens is 1. The number of hydrogen-bond donors (Lipinski definition) is 2. The second kappa shape index (κ2) is 10.8. The first-order chi connectivity index (χ1) is 19.7. The summed E-state index contributed by atoms with van der Waals surface area (Å²) in [6.45, 7) is 5.52. The van der Waals surface area contributed by atoms with Crippen molar-refractivity contribution in [3.8, 4) is 0 Å². The van der Waals surface area contributed by atoms with Crippen LogP contribution in [0.15, 0.2) is 65.8 Å². The van der Waals surface area contributed by atoms with E-state index in [9.17, 15) is 4.79 Å². The molecule has 3 N–H and O–H groups in total. The first kappa shape index (κ1) is 27.2. The molecule has 9 heteroatoms. The van der Waals surface area contributed by atoms with Crippen molar-refractivity contribution in [2.45, 2.75) is 50.0 Å². The van der Waals surface area contributed by atoms with Gasteiger partial charge in [0, 0.05) is 18.7 Å². The van der Waals surface area contributed by atoms with Gasteiger partial charge in [0.2, 0.25) is 0 Å². The maximum atomic E-state index is 15.4. The standard InChI is InChI=1S/C32H37FN6O2/c1-31(14-17-38(2)18-15-31)23-9-11-24(12-10-23)35-29-25(28(34)40)19-26(33)30(36-29)39-16-6-13-32(21-39)20-27(37-41-32)22-7-4-3-5-8-22/h3-5,7-12,19H,6,13-18,20-21H2,1-2H3,(H2,34,40)(H,35,36). The molecule has 1 unspecified atom stereocenters. The van der Waals surface area contributed by atoms with Gasteiger partial charge in [-0.3, -0.25) is 4.79 Å². The van der Waals surface area contributed by atoms with Gasteiger partial charge in [-0.2, -0.15) is 0 Å². The first-order valence-corrected chi connectivity index (χ1v) is 14.4. The van der Waals surface area contributed by atoms with E-state index >= 15 is 4.39 Å². The summed E-state index contributed by atoms with van der Waals surface area (Å²) in [5.74, 6) is -0.922. The van der Waals surface area contributed by atoms with Gasteiger partial charge in [-0.1, -0.05) is 54.5 Å². The second-order valence-corrected chi connectivity index (χ2v) is 12.0. The summed E-state index contributed by atoms with van der Waals surface area (Å²) < 4.78 is 15.4. The van der Waals surface area contributed by atoms with E-state index in [0.29, 0.717) is 19.5 Å². The minimum atomic E-state index is -0.740. The van der Waals surface area contributed by atoms with Crippen LogP contribution in [0.4, 0.5) is 21.7 Å². The van der Waals surface area contributed by atoms with E-state index in [2.05, 4.69) is 46.5 Å². The van der Waals surface area contributed by atoms with Crippen LogP contribution in [0.2, 0.25) is 0 Å². The van der Waals surface area contributed by atoms with Gasteiger partial charge >= 0.3 is 0 Å². The van der Waals surface area contributed by atoms with Crippen LogP contribution in [-0.2, 0) is 10.3 Å². The highest BCUT2D eigenvalue weighted by Crippen LogP contribution is 2.38. The number of likely N-dealkylation sites (tertiary alicyclic amines) is 1. The molecule has 2 aromatic carbocycles. The average Bonchev–Trinajstić information content (AvgIpc) is 3.39. The molecule has 3 aliphatic rings. The molecular weight excluding hydrogens is 519 g/mol. The zero-order valence-electron chi connectivity index (χ0n) is 23.7. The maximum absolute atomic E-state index is 15.4. The summed E-state index contributed by atoms with van der Waals surface area (Å²) in [4.78, 5) is 27.2. The number of primary amides is 1. The fourth-order valence-electron chi connectivity index (χ4n) is 6.28. The van der Waals surface area contributed by atoms with Gasteiger partial charge in [-0.05, 0) is 80.6 Å². The normalized spacial score (nSPS) is 22.3. The van der Waals surface area contributed by atoms with Crippen molar-refractivity contribution in [2.75, 3.05) is 43.4 Å². The fraction of sp³-hybridized carbons (Fsp3) is 0.406. The number of nitrogens with one attached hydrogen (secondary N) is 1. The predicted octanol–water partition coefficient (Wildman–Crippen LogP) is 5.21. The van der Waals surface area contributed by atoms with Crippen molar-refractivity contribution in [3.63, 3.8) is 0 Å². The molecule has 1 amide bonds. The molecule has 4 heterocycles. The number of nitrogens with two attached hydrogens (primary N) is 1. The van der Waals surface area contributed by atoms with E-state index in [1.54, 1.807) is 0 Å². The Kier molecular flexibility index (Phi) is 7.15. The number of anilines is 3. The lowest BCUT2D eigenvalue weighted by molar-refractivity contribution is -0.0281. The summed E-state index contributed by atoms with van der Waals surface area (Å²) in [7, 11) is 2.16. The molecule has 8 nitrogen and oxygen atoms in total. The number of amides is 1. The smallest absolute Gasteiger partial charge is 0.252 e. The molecule has 3 aromatic rings. The maximum Gasteiger partial charge on any atom is 0.252 e. The van der Waals surface area contributed by atoms with E-state index in [4.69, 9.17) is 10.6 Å². The molecule has 0 bridgehead atoms. The zero-order valence-corrected chi connectivity index (χ0v) is 23.7. The number of piperidine rings is 2. The van der Waals surface area contributed by atoms with E-state index in [1.165, 1.54) is 11.6 Å². The van der Waals surface area contributed by atoms with Gasteiger partial charge in [0.15, 0.2) is 17.2 Å². The van der Waals surface area contributed by atoms with Crippen LogP contribution in [0, 0.1) is 5.82 Å². The molecule has 2 saturated heterocycles. The highest BCUT2D eigenvalue weighted by Gasteiger charge is 2.44. The molecule has 214 valence electrons. The lowest BCUT2D eigenvalue weighted by Crippen LogP contribution is -2.49. The number of nitrogens with zero attached hydrogens (tertiary/aromatic N) is 4. The Morgan fingerprint density at radius 3 is 2.49 bits per heavy atom. The van der Waals surface area contributed by atoms with E-state index in [0.717, 1.165) is 55.7 Å². The largest absolute Gasteiger partial charge is 0.387 e. The van der Waals surface area contributed by atoms with Gasteiger partial charge in [0.05, 0.1) is 17.8 Å². The zero-order chi connectivity index (χ0) is 28.6. The SMILES string of the molecule is CN1CCC(C)(c2ccc(Nc3nc(N4CCCC5(CC(c6ccccc6)=NO5)C4)c(F)cc3C(N)=O)cc2)CC1. The van der Waals surface area contributed by atoms with Crippen LogP contribution in [0.3, 0.4) is 0 Å². The minimum absolute atomic E-state index is 0.0103. The Morgan fingerprint density at radius 2 is 1.78 bits per heavy atom. The van der Waals surface area contributed by atoms with Gasteiger partial charge in [0.1, 0.15) is 5.82 Å². The van der Waals surface area contributed by atoms with Crippen LogP contribution >= 0.6 is 0 Å². The topological polar surface area (TPSA) is 96.1 Å². The quantitative estimate of drug-likeness (QED) is 0.433. The highest BCUT2D eigenvalue weighted by atomic mass is 19.1. The number of carbonyl (C=O) groups excluding carboxylic acids is 1. The Labute approximate surface area is 240 Å². The molecule has 0 saturated carbocycles. The molecule has 1 aromatic heterocycles. The van der Waals surface area contributed by atoms with E-state index in [-0.39, 0.29) is 22.6 Å². The lowest BCUT2D eigenvalue weighted by atomic mass is 9.74. The summed E-state index contributed by atoms with van der Waals surface area (Å²) in [6.07, 6.45) is 4.46. The summed E-state index contributed by atoms with van der Waals surface area (Å²) in [5, 5.41) is 7.63. The van der Waals surface area contributed by atoms with Gasteiger partial charge in [-0.15, -0.1) is 0 Å². The third-order valence-corrected chi connectivity index (χ3v) is 8.94. The average molecular weight is 557 g/mol. The number of carbonyl (C=O) groups is 1. The van der Waals surface area contributed by atoms with Gasteiger partial charge < -0.3 is 25.7 Å². The molecule has 3 aliphatic heterocycles. The van der Waals surface area contributed by atoms with Crippen LogP contribution in [0.5, 0.6) is 0 Å². The van der Waals surface area contributed by atoms with E-state index < -0.39 is 17.3 Å². The number of rotatable bonds is 6. The molecule has 1 atom stereocenters. The van der Waals surface area contributed by atoms with Crippen molar-refractivity contribution in [1.29, 1.82) is 0 Å². The molecule has 2 fully saturated rings. The van der Waals surface area contributed by atoms with Crippen LogP contribution in [0.1, 0.15) is 60.5 Å². The summed E-state index contributed by atoms with van der Waals surface area (Å²) >= 11 is 0. The van der Waals surface area contributed by atoms with Crippen molar-refractivity contribution >= 4 is 28.9 Å². The molecule has 0 aliphatic carbocycles. The minimum Gasteiger partial charge on any atom is -0.387 e. The summed E-state index contributed by atoms with van der Waals surface area (Å²) in [5.41, 5.74) is 9.19. The predicted molar refractivity (Wildman–Crippen MR) is 159 cm³/mol. The summed E-state index contributed by atoms with van der Waals surface area (Å²) in [6, 6.07) is 19.4. The Bertz CT molecular complexity index is 1450. The third kappa shape index (κ3) is 5.51. The van der Waals surface area contributed by atoms with Crippen molar-refractivity contribution in [3.05, 3.63) is 83.2 Å². The van der Waals surface area contributed by atoms with Crippen LogP contribution < -0.4 is 16.0 Å². The molecular formula is C32H37FN6O2. The van der Waals surface area contributed by atoms with Gasteiger partial charge in [0.25, 0.3) is 5.91 Å². The Morgan fingerprint density at radius 1 is 1.05 bits per heavy atom. The van der Waals surface area contributed by atoms with Crippen molar-refractivity contribution in [1.82, 2.24) is 9.88 Å². The fourth-order valence-corrected chi connectivity index (χ4v) is 6.28. The lowest BCUT2D eigenvalue weighted by Gasteiger charge is -2.39. The Hall–Kier alpha value is -3.98. The number of benzene rings is 2. The number of pyridine rings is 1. The van der Waals surface area contributed by atoms with E-state index in [1.807, 2.05) is 47.4 Å². The molecule has 6 rings (SSSR count). The second-order valence-electron chi connectivity index (χ2n) is 12.0. The molecule has 1 spiro atoms. The van der Waals surface area contributed by atoms with Crippen molar-refractivity contribution < 1.29 is 14.0 Å². The number of hydrogen-bond acceptors (Lipinski definition) is 7. The van der Waals surface area contributed by atoms with Crippen molar-refractivity contribution in [2.24, 2.45) is 10.9 Å². The van der Waals surface area contributed by atoms with Crippen LogP contribution in [-0.4, -0.2) is 60.3 Å². The van der Waals surface area contributed by atoms with Gasteiger partial charge in [-0.25, -0.2) is 9.37 Å². The monoisotopic (exact) mass is 556 g/mol. The number of oxime groups is 1. The first-order valence-electron chi connectivity index (χ1n) is 14.4. The highest BCUT2D eigenvalue weighted by molar-refractivity contribution is 6.01. The molecule has 41 heavy (non-hydrogen) atoms.